The highest BCUT2D eigenvalue weighted by atomic mass is 32.1. The first-order valence-corrected chi connectivity index (χ1v) is 7.99. The number of thiophene rings is 1. The number of benzene rings is 1. The summed E-state index contributed by atoms with van der Waals surface area (Å²) in [5.41, 5.74) is 4.02. The first kappa shape index (κ1) is 15.2. The van der Waals surface area contributed by atoms with E-state index in [0.29, 0.717) is 12.0 Å². The topological polar surface area (TPSA) is 78.9 Å². The lowest BCUT2D eigenvalue weighted by atomic mass is 10.0. The quantitative estimate of drug-likeness (QED) is 0.427. The summed E-state index contributed by atoms with van der Waals surface area (Å²) in [4.78, 5) is 15.7. The third-order valence-electron chi connectivity index (χ3n) is 3.45. The number of hydrogen-bond acceptors (Lipinski definition) is 5. The smallest absolute Gasteiger partial charge is 0.226 e. The van der Waals surface area contributed by atoms with Gasteiger partial charge in [-0.2, -0.15) is 16.4 Å². The number of aromatic amines is 1. The molecule has 0 radical (unpaired) electrons. The zero-order valence-electron chi connectivity index (χ0n) is 12.5. The lowest BCUT2D eigenvalue weighted by molar-refractivity contribution is 0.103. The highest BCUT2D eigenvalue weighted by molar-refractivity contribution is 7.08. The fraction of sp³-hybridized carbons (Fsp3) is 0.118. The van der Waals surface area contributed by atoms with Crippen molar-refractivity contribution in [1.82, 2.24) is 15.2 Å². The first-order chi connectivity index (χ1) is 11.1. The standard InChI is InChI=1S/C17H15N3O2S/c1-11-2-4-12(5-3-11)6-13-8-23-9-14(13)15(21)7-16(22)17-18-10-19-20-17/h2-5,7-10,21H,6H2,1H3,(H,18,19,20). The Morgan fingerprint density at radius 1 is 1.30 bits per heavy atom. The van der Waals surface area contributed by atoms with Crippen LogP contribution < -0.4 is 0 Å². The van der Waals surface area contributed by atoms with Crippen LogP contribution in [-0.2, 0) is 6.42 Å². The second-order valence-corrected chi connectivity index (χ2v) is 5.94. The number of aromatic nitrogens is 3. The van der Waals surface area contributed by atoms with Crippen molar-refractivity contribution in [3.05, 3.63) is 75.5 Å². The van der Waals surface area contributed by atoms with Crippen LogP contribution in [-0.4, -0.2) is 26.1 Å². The number of nitrogens with one attached hydrogen (secondary N) is 1. The molecule has 0 atom stereocenters. The molecule has 2 aromatic heterocycles. The summed E-state index contributed by atoms with van der Waals surface area (Å²) in [6, 6.07) is 8.25. The number of aryl methyl sites for hydroxylation is 1. The van der Waals surface area contributed by atoms with Gasteiger partial charge in [0.05, 0.1) is 0 Å². The van der Waals surface area contributed by atoms with Crippen LogP contribution >= 0.6 is 11.3 Å². The van der Waals surface area contributed by atoms with Gasteiger partial charge >= 0.3 is 0 Å². The van der Waals surface area contributed by atoms with Gasteiger partial charge in [-0.1, -0.05) is 29.8 Å². The Balaban J connectivity index is 1.82. The van der Waals surface area contributed by atoms with E-state index in [4.69, 9.17) is 0 Å². The minimum absolute atomic E-state index is 0.0604. The molecular formula is C17H15N3O2S. The van der Waals surface area contributed by atoms with Crippen molar-refractivity contribution in [2.24, 2.45) is 0 Å². The van der Waals surface area contributed by atoms with Gasteiger partial charge < -0.3 is 5.11 Å². The molecule has 0 unspecified atom stereocenters. The average molecular weight is 325 g/mol. The van der Waals surface area contributed by atoms with Gasteiger partial charge in [0.25, 0.3) is 0 Å². The largest absolute Gasteiger partial charge is 0.507 e. The average Bonchev–Trinajstić information content (AvgIpc) is 3.20. The summed E-state index contributed by atoms with van der Waals surface area (Å²) in [5, 5.41) is 20.2. The van der Waals surface area contributed by atoms with Crippen LogP contribution in [0.3, 0.4) is 0 Å². The van der Waals surface area contributed by atoms with Crippen LogP contribution in [0.4, 0.5) is 0 Å². The SMILES string of the molecule is Cc1ccc(Cc2cscc2C(O)=CC(=O)c2ncn[nH]2)cc1. The Bertz CT molecular complexity index is 833. The molecule has 0 aliphatic heterocycles. The van der Waals surface area contributed by atoms with Crippen molar-refractivity contribution < 1.29 is 9.90 Å². The van der Waals surface area contributed by atoms with Crippen molar-refractivity contribution in [3.8, 4) is 0 Å². The Morgan fingerprint density at radius 2 is 2.09 bits per heavy atom. The molecule has 6 heteroatoms. The molecule has 3 rings (SSSR count). The second-order valence-electron chi connectivity index (χ2n) is 5.20. The van der Waals surface area contributed by atoms with E-state index in [1.807, 2.05) is 17.7 Å². The maximum absolute atomic E-state index is 12.0. The van der Waals surface area contributed by atoms with Crippen molar-refractivity contribution in [3.63, 3.8) is 0 Å². The molecule has 0 fully saturated rings. The molecule has 0 aliphatic rings. The minimum atomic E-state index is -0.410. The molecule has 2 N–H and O–H groups in total. The summed E-state index contributed by atoms with van der Waals surface area (Å²) >= 11 is 1.49. The molecule has 0 saturated carbocycles. The molecular weight excluding hydrogens is 310 g/mol. The van der Waals surface area contributed by atoms with E-state index in [0.717, 1.165) is 11.1 Å². The minimum Gasteiger partial charge on any atom is -0.507 e. The van der Waals surface area contributed by atoms with Crippen LogP contribution in [0.5, 0.6) is 0 Å². The summed E-state index contributed by atoms with van der Waals surface area (Å²) in [6.45, 7) is 2.05. The van der Waals surface area contributed by atoms with Gasteiger partial charge in [0.2, 0.25) is 5.78 Å². The maximum Gasteiger partial charge on any atom is 0.226 e. The number of hydrogen-bond donors (Lipinski definition) is 2. The monoisotopic (exact) mass is 325 g/mol. The molecule has 0 bridgehead atoms. The maximum atomic E-state index is 12.0. The van der Waals surface area contributed by atoms with Gasteiger partial charge in [0.15, 0.2) is 5.82 Å². The summed E-state index contributed by atoms with van der Waals surface area (Å²) in [7, 11) is 0. The Labute approximate surface area is 137 Å². The molecule has 0 aliphatic carbocycles. The van der Waals surface area contributed by atoms with E-state index in [9.17, 15) is 9.90 Å². The van der Waals surface area contributed by atoms with E-state index < -0.39 is 5.78 Å². The third kappa shape index (κ3) is 3.54. The summed E-state index contributed by atoms with van der Waals surface area (Å²) in [6.07, 6.45) is 3.13. The molecule has 23 heavy (non-hydrogen) atoms. The third-order valence-corrected chi connectivity index (χ3v) is 4.24. The second kappa shape index (κ2) is 6.58. The van der Waals surface area contributed by atoms with Gasteiger partial charge in [-0.05, 0) is 29.9 Å². The molecule has 0 saturated heterocycles. The van der Waals surface area contributed by atoms with E-state index in [1.54, 1.807) is 0 Å². The van der Waals surface area contributed by atoms with Crippen LogP contribution in [0.25, 0.3) is 5.76 Å². The number of ketones is 1. The zero-order valence-corrected chi connectivity index (χ0v) is 13.3. The zero-order chi connectivity index (χ0) is 16.2. The van der Waals surface area contributed by atoms with E-state index in [-0.39, 0.29) is 11.6 Å². The molecule has 0 spiro atoms. The normalized spacial score (nSPS) is 11.6. The Hall–Kier alpha value is -2.73. The highest BCUT2D eigenvalue weighted by Crippen LogP contribution is 2.25. The highest BCUT2D eigenvalue weighted by Gasteiger charge is 2.13. The van der Waals surface area contributed by atoms with Crippen LogP contribution in [0.2, 0.25) is 0 Å². The van der Waals surface area contributed by atoms with Crippen LogP contribution in [0.1, 0.15) is 32.9 Å². The van der Waals surface area contributed by atoms with Gasteiger partial charge in [-0.3, -0.25) is 9.89 Å². The van der Waals surface area contributed by atoms with Crippen molar-refractivity contribution in [2.45, 2.75) is 13.3 Å². The number of allylic oxidation sites excluding steroid dienone is 1. The van der Waals surface area contributed by atoms with Crippen molar-refractivity contribution in [2.75, 3.05) is 0 Å². The number of aliphatic hydroxyl groups is 1. The molecule has 2 heterocycles. The fourth-order valence-corrected chi connectivity index (χ4v) is 3.06. The Morgan fingerprint density at radius 3 is 2.78 bits per heavy atom. The summed E-state index contributed by atoms with van der Waals surface area (Å²) < 4.78 is 0. The van der Waals surface area contributed by atoms with Crippen LogP contribution in [0.15, 0.2) is 47.4 Å². The van der Waals surface area contributed by atoms with E-state index in [2.05, 4.69) is 39.4 Å². The molecule has 1 aromatic carbocycles. The predicted octanol–water partition coefficient (Wildman–Crippen LogP) is 3.55. The number of rotatable bonds is 5. The summed E-state index contributed by atoms with van der Waals surface area (Å²) in [5.74, 6) is -0.367. The Kier molecular flexibility index (Phi) is 4.34. The van der Waals surface area contributed by atoms with Gasteiger partial charge in [-0.25, -0.2) is 4.98 Å². The number of H-pyrrole nitrogens is 1. The van der Waals surface area contributed by atoms with Crippen molar-refractivity contribution >= 4 is 22.9 Å². The van der Waals surface area contributed by atoms with Crippen LogP contribution in [0, 0.1) is 6.92 Å². The van der Waals surface area contributed by atoms with E-state index >= 15 is 0 Å². The van der Waals surface area contributed by atoms with Gasteiger partial charge in [0.1, 0.15) is 12.1 Å². The number of carbonyl (C=O) groups is 1. The number of nitrogens with zero attached hydrogens (tertiary/aromatic N) is 2. The van der Waals surface area contributed by atoms with Crippen molar-refractivity contribution in [1.29, 1.82) is 0 Å². The lowest BCUT2D eigenvalue weighted by Crippen LogP contribution is -2.00. The molecule has 5 nitrogen and oxygen atoms in total. The van der Waals surface area contributed by atoms with Gasteiger partial charge in [-0.15, -0.1) is 0 Å². The predicted molar refractivity (Wildman–Crippen MR) is 89.6 cm³/mol. The number of carbonyl (C=O) groups excluding carboxylic acids is 1. The van der Waals surface area contributed by atoms with E-state index in [1.165, 1.54) is 29.3 Å². The first-order valence-electron chi connectivity index (χ1n) is 7.05. The fourth-order valence-electron chi connectivity index (χ4n) is 2.21. The molecule has 3 aromatic rings. The molecule has 0 amide bonds. The number of aliphatic hydroxyl groups excluding tert-OH is 1. The molecule has 116 valence electrons. The van der Waals surface area contributed by atoms with Gasteiger partial charge in [0, 0.05) is 17.0 Å². The lowest BCUT2D eigenvalue weighted by Gasteiger charge is -2.04.